The lowest BCUT2D eigenvalue weighted by Gasteiger charge is -2.22. The summed E-state index contributed by atoms with van der Waals surface area (Å²) in [5.41, 5.74) is -1.44. The fourth-order valence-electron chi connectivity index (χ4n) is 1.24. The van der Waals surface area contributed by atoms with Crippen molar-refractivity contribution in [2.24, 2.45) is 10.8 Å². The van der Waals surface area contributed by atoms with Gasteiger partial charge in [0.1, 0.15) is 6.04 Å². The van der Waals surface area contributed by atoms with Crippen molar-refractivity contribution in [2.45, 2.75) is 54.0 Å². The molecule has 2 amide bonds. The Kier molecular flexibility index (Phi) is 6.19. The molecule has 0 aromatic carbocycles. The number of hydrogen-bond donors (Lipinski definition) is 3. The summed E-state index contributed by atoms with van der Waals surface area (Å²) in [6.07, 6.45) is 0.327. The average molecular weight is 286 g/mol. The van der Waals surface area contributed by atoms with E-state index in [9.17, 15) is 14.4 Å². The van der Waals surface area contributed by atoms with Crippen LogP contribution in [0.2, 0.25) is 0 Å². The summed E-state index contributed by atoms with van der Waals surface area (Å²) in [6, 6.07) is -0.644. The number of nitrogens with one attached hydrogen (secondary N) is 2. The van der Waals surface area contributed by atoms with E-state index in [-0.39, 0.29) is 18.4 Å². The first-order valence-corrected chi connectivity index (χ1v) is 6.70. The molecule has 0 aliphatic carbocycles. The summed E-state index contributed by atoms with van der Waals surface area (Å²) in [5.74, 6) is -1.42. The first kappa shape index (κ1) is 18.4. The van der Waals surface area contributed by atoms with Gasteiger partial charge >= 0.3 is 5.97 Å². The predicted octanol–water partition coefficient (Wildman–Crippen LogP) is 1.15. The molecule has 0 bridgehead atoms. The van der Waals surface area contributed by atoms with Gasteiger partial charge in [-0.05, 0) is 27.2 Å². The van der Waals surface area contributed by atoms with Gasteiger partial charge in [0.2, 0.25) is 11.8 Å². The van der Waals surface area contributed by atoms with Gasteiger partial charge in [-0.3, -0.25) is 14.4 Å². The van der Waals surface area contributed by atoms with Crippen LogP contribution in [0.1, 0.15) is 48.0 Å². The van der Waals surface area contributed by atoms with Crippen molar-refractivity contribution in [3.05, 3.63) is 0 Å². The number of hydrogen-bond acceptors (Lipinski definition) is 3. The van der Waals surface area contributed by atoms with Crippen molar-refractivity contribution in [2.75, 3.05) is 6.54 Å². The smallest absolute Gasteiger partial charge is 0.309 e. The highest BCUT2D eigenvalue weighted by Crippen LogP contribution is 2.19. The van der Waals surface area contributed by atoms with Gasteiger partial charge in [0.05, 0.1) is 5.41 Å². The van der Waals surface area contributed by atoms with E-state index in [0.717, 1.165) is 0 Å². The Labute approximate surface area is 120 Å². The van der Waals surface area contributed by atoms with Gasteiger partial charge in [-0.15, -0.1) is 0 Å². The molecule has 0 saturated carbocycles. The van der Waals surface area contributed by atoms with E-state index >= 15 is 0 Å². The average Bonchev–Trinajstić information content (AvgIpc) is 2.26. The fourth-order valence-corrected chi connectivity index (χ4v) is 1.24. The van der Waals surface area contributed by atoms with Crippen LogP contribution in [0.25, 0.3) is 0 Å². The Balaban J connectivity index is 4.23. The van der Waals surface area contributed by atoms with Crippen LogP contribution in [-0.4, -0.2) is 35.5 Å². The van der Waals surface area contributed by atoms with Crippen LogP contribution in [0, 0.1) is 10.8 Å². The van der Waals surface area contributed by atoms with E-state index in [1.165, 1.54) is 0 Å². The molecule has 20 heavy (non-hydrogen) atoms. The lowest BCUT2D eigenvalue weighted by atomic mass is 9.90. The number of carbonyl (C=O) groups is 3. The second kappa shape index (κ2) is 6.72. The van der Waals surface area contributed by atoms with Gasteiger partial charge in [0.15, 0.2) is 0 Å². The molecule has 3 N–H and O–H groups in total. The Morgan fingerprint density at radius 3 is 2.00 bits per heavy atom. The molecule has 6 heteroatoms. The molecule has 116 valence electrons. The molecule has 6 nitrogen and oxygen atoms in total. The number of aliphatic carboxylic acids is 1. The molecule has 1 atom stereocenters. The Hall–Kier alpha value is -1.59. The number of carboxylic acids is 1. The van der Waals surface area contributed by atoms with Crippen molar-refractivity contribution in [1.29, 1.82) is 0 Å². The van der Waals surface area contributed by atoms with Gasteiger partial charge < -0.3 is 15.7 Å². The summed E-state index contributed by atoms with van der Waals surface area (Å²) in [5, 5.41) is 14.2. The minimum absolute atomic E-state index is 0.203. The number of amides is 2. The van der Waals surface area contributed by atoms with Crippen LogP contribution < -0.4 is 10.6 Å². The molecule has 0 spiro atoms. The van der Waals surface area contributed by atoms with E-state index in [2.05, 4.69) is 10.6 Å². The maximum atomic E-state index is 11.8. The maximum Gasteiger partial charge on any atom is 0.309 e. The quantitative estimate of drug-likeness (QED) is 0.682. The van der Waals surface area contributed by atoms with E-state index < -0.39 is 22.8 Å². The Morgan fingerprint density at radius 1 is 1.10 bits per heavy atom. The number of carboxylic acid groups (broad SMARTS) is 1. The molecule has 0 aliphatic heterocycles. The number of carbonyl (C=O) groups excluding carboxylic acids is 2. The molecular formula is C14H26N2O4. The monoisotopic (exact) mass is 286 g/mol. The zero-order valence-corrected chi connectivity index (χ0v) is 13.2. The van der Waals surface area contributed by atoms with Gasteiger partial charge in [0, 0.05) is 12.0 Å². The van der Waals surface area contributed by atoms with Crippen molar-refractivity contribution in [3.8, 4) is 0 Å². The van der Waals surface area contributed by atoms with Crippen molar-refractivity contribution >= 4 is 17.8 Å². The molecule has 0 aromatic rings. The standard InChI is InChI=1S/C14H26N2O4/c1-9(16-11(18)13(2,3)4)10(17)15-8-7-14(5,6)12(19)20/h9H,7-8H2,1-6H3,(H,15,17)(H,16,18)(H,19,20). The van der Waals surface area contributed by atoms with Crippen LogP contribution in [0.5, 0.6) is 0 Å². The molecule has 0 heterocycles. The largest absolute Gasteiger partial charge is 0.481 e. The molecule has 0 aromatic heterocycles. The topological polar surface area (TPSA) is 95.5 Å². The van der Waals surface area contributed by atoms with Crippen molar-refractivity contribution in [1.82, 2.24) is 10.6 Å². The molecule has 0 aliphatic rings. The zero-order valence-electron chi connectivity index (χ0n) is 13.2. The second-order valence-corrected chi connectivity index (χ2v) is 6.68. The summed E-state index contributed by atoms with van der Waals surface area (Å²) in [4.78, 5) is 34.4. The summed E-state index contributed by atoms with van der Waals surface area (Å²) in [7, 11) is 0. The first-order valence-electron chi connectivity index (χ1n) is 6.70. The van der Waals surface area contributed by atoms with E-state index in [1.807, 2.05) is 0 Å². The predicted molar refractivity (Wildman–Crippen MR) is 76.1 cm³/mol. The van der Waals surface area contributed by atoms with Gasteiger partial charge in [0.25, 0.3) is 0 Å². The minimum atomic E-state index is -0.902. The Bertz CT molecular complexity index is 383. The maximum absolute atomic E-state index is 11.8. The molecule has 0 fully saturated rings. The molecule has 1 unspecified atom stereocenters. The number of rotatable bonds is 6. The highest BCUT2D eigenvalue weighted by Gasteiger charge is 2.28. The van der Waals surface area contributed by atoms with Crippen molar-refractivity contribution in [3.63, 3.8) is 0 Å². The lowest BCUT2D eigenvalue weighted by molar-refractivity contribution is -0.147. The summed E-state index contributed by atoms with van der Waals surface area (Å²) in [6.45, 7) is 10.4. The lowest BCUT2D eigenvalue weighted by Crippen LogP contribution is -2.48. The van der Waals surface area contributed by atoms with Gasteiger partial charge in [-0.1, -0.05) is 20.8 Å². The normalized spacial score (nSPS) is 13.5. The zero-order chi connectivity index (χ0) is 16.1. The third-order valence-corrected chi connectivity index (χ3v) is 3.05. The third-order valence-electron chi connectivity index (χ3n) is 3.05. The van der Waals surface area contributed by atoms with E-state index in [0.29, 0.717) is 6.42 Å². The Morgan fingerprint density at radius 2 is 1.60 bits per heavy atom. The summed E-state index contributed by atoms with van der Waals surface area (Å²) < 4.78 is 0. The fraction of sp³-hybridized carbons (Fsp3) is 0.786. The van der Waals surface area contributed by atoms with E-state index in [4.69, 9.17) is 5.11 Å². The minimum Gasteiger partial charge on any atom is -0.481 e. The van der Waals surface area contributed by atoms with Crippen LogP contribution in [-0.2, 0) is 14.4 Å². The highest BCUT2D eigenvalue weighted by molar-refractivity contribution is 5.89. The third kappa shape index (κ3) is 6.04. The van der Waals surface area contributed by atoms with Gasteiger partial charge in [-0.25, -0.2) is 0 Å². The highest BCUT2D eigenvalue weighted by atomic mass is 16.4. The van der Waals surface area contributed by atoms with Crippen LogP contribution in [0.15, 0.2) is 0 Å². The molecule has 0 saturated heterocycles. The molecule has 0 radical (unpaired) electrons. The van der Waals surface area contributed by atoms with Gasteiger partial charge in [-0.2, -0.15) is 0 Å². The van der Waals surface area contributed by atoms with Crippen LogP contribution >= 0.6 is 0 Å². The van der Waals surface area contributed by atoms with Crippen molar-refractivity contribution < 1.29 is 19.5 Å². The van der Waals surface area contributed by atoms with Crippen LogP contribution in [0.3, 0.4) is 0 Å². The molecular weight excluding hydrogens is 260 g/mol. The van der Waals surface area contributed by atoms with Crippen LogP contribution in [0.4, 0.5) is 0 Å². The van der Waals surface area contributed by atoms with E-state index in [1.54, 1.807) is 41.5 Å². The second-order valence-electron chi connectivity index (χ2n) is 6.68. The first-order chi connectivity index (χ1) is 8.88. The molecule has 0 rings (SSSR count). The SMILES string of the molecule is CC(NC(=O)C(C)(C)C)C(=O)NCCC(C)(C)C(=O)O. The summed E-state index contributed by atoms with van der Waals surface area (Å²) >= 11 is 0.